The van der Waals surface area contributed by atoms with Crippen LogP contribution in [0, 0.1) is 5.82 Å². The van der Waals surface area contributed by atoms with E-state index in [4.69, 9.17) is 0 Å². The summed E-state index contributed by atoms with van der Waals surface area (Å²) in [6.07, 6.45) is 0. The van der Waals surface area contributed by atoms with E-state index in [9.17, 15) is 17.6 Å². The van der Waals surface area contributed by atoms with E-state index in [-0.39, 0.29) is 21.7 Å². The maximum atomic E-state index is 13.0. The first-order valence-electron chi connectivity index (χ1n) is 9.36. The third kappa shape index (κ3) is 4.95. The molecule has 0 bridgehead atoms. The molecule has 1 N–H and O–H groups in total. The SMILES string of the molecule is O=C(CSC1=NS(=O)(=O)c2ccccc2N1Cc1ccccc1)Nc1ccc(F)cc1. The lowest BCUT2D eigenvalue weighted by atomic mass is 10.2. The number of amides is 1. The van der Waals surface area contributed by atoms with Crippen LogP contribution in [0.3, 0.4) is 0 Å². The molecule has 158 valence electrons. The summed E-state index contributed by atoms with van der Waals surface area (Å²) in [4.78, 5) is 14.3. The Hall–Kier alpha value is -3.17. The van der Waals surface area contributed by atoms with Crippen molar-refractivity contribution in [1.29, 1.82) is 0 Å². The maximum Gasteiger partial charge on any atom is 0.286 e. The minimum Gasteiger partial charge on any atom is -0.325 e. The smallest absolute Gasteiger partial charge is 0.286 e. The Morgan fingerprint density at radius 1 is 0.968 bits per heavy atom. The number of anilines is 2. The number of sulfonamides is 1. The molecule has 9 heteroatoms. The molecule has 4 rings (SSSR count). The highest BCUT2D eigenvalue weighted by Gasteiger charge is 2.31. The lowest BCUT2D eigenvalue weighted by molar-refractivity contribution is -0.113. The van der Waals surface area contributed by atoms with E-state index >= 15 is 0 Å². The molecule has 0 fully saturated rings. The zero-order chi connectivity index (χ0) is 21.8. The molecule has 0 radical (unpaired) electrons. The van der Waals surface area contributed by atoms with Crippen LogP contribution < -0.4 is 10.2 Å². The number of carbonyl (C=O) groups is 1. The molecule has 1 heterocycles. The Balaban J connectivity index is 1.57. The molecule has 1 aliphatic heterocycles. The molecule has 1 aliphatic rings. The molecule has 1 amide bonds. The minimum absolute atomic E-state index is 0.0564. The number of rotatable bonds is 5. The number of thioether (sulfide) groups is 1. The van der Waals surface area contributed by atoms with Gasteiger partial charge in [0.2, 0.25) is 5.91 Å². The number of para-hydroxylation sites is 1. The van der Waals surface area contributed by atoms with Crippen LogP contribution >= 0.6 is 11.8 Å². The van der Waals surface area contributed by atoms with E-state index < -0.39 is 15.8 Å². The van der Waals surface area contributed by atoms with Gasteiger partial charge in [0.05, 0.1) is 18.0 Å². The highest BCUT2D eigenvalue weighted by atomic mass is 32.2. The van der Waals surface area contributed by atoms with Crippen molar-refractivity contribution in [3.8, 4) is 0 Å². The number of nitrogens with one attached hydrogen (secondary N) is 1. The largest absolute Gasteiger partial charge is 0.325 e. The molecule has 31 heavy (non-hydrogen) atoms. The van der Waals surface area contributed by atoms with Crippen LogP contribution in [0.2, 0.25) is 0 Å². The fourth-order valence-electron chi connectivity index (χ4n) is 3.09. The van der Waals surface area contributed by atoms with Crippen LogP contribution in [0.15, 0.2) is 88.2 Å². The van der Waals surface area contributed by atoms with Crippen molar-refractivity contribution in [2.24, 2.45) is 4.40 Å². The summed E-state index contributed by atoms with van der Waals surface area (Å²) in [5.74, 6) is -0.807. The molecule has 3 aromatic carbocycles. The Bertz CT molecular complexity index is 1230. The van der Waals surface area contributed by atoms with Crippen LogP contribution in [0.4, 0.5) is 15.8 Å². The van der Waals surface area contributed by atoms with E-state index in [2.05, 4.69) is 9.71 Å². The molecule has 3 aromatic rings. The van der Waals surface area contributed by atoms with Gasteiger partial charge in [-0.3, -0.25) is 4.79 Å². The third-order valence-electron chi connectivity index (χ3n) is 4.51. The van der Waals surface area contributed by atoms with Crippen molar-refractivity contribution in [3.05, 3.63) is 90.2 Å². The van der Waals surface area contributed by atoms with Gasteiger partial charge in [-0.15, -0.1) is 4.40 Å². The number of fused-ring (bicyclic) bond motifs is 1. The van der Waals surface area contributed by atoms with Crippen LogP contribution in [0.1, 0.15) is 5.56 Å². The van der Waals surface area contributed by atoms with Crippen molar-refractivity contribution >= 4 is 44.2 Å². The van der Waals surface area contributed by atoms with Gasteiger partial charge in [0, 0.05) is 5.69 Å². The Kier molecular flexibility index (Phi) is 6.06. The molecule has 0 spiro atoms. The van der Waals surface area contributed by atoms with E-state index in [0.29, 0.717) is 17.9 Å². The number of benzene rings is 3. The lowest BCUT2D eigenvalue weighted by Crippen LogP contribution is -2.34. The second-order valence-electron chi connectivity index (χ2n) is 6.73. The van der Waals surface area contributed by atoms with Gasteiger partial charge in [0.1, 0.15) is 10.7 Å². The van der Waals surface area contributed by atoms with E-state index in [1.165, 1.54) is 30.3 Å². The predicted octanol–water partition coefficient (Wildman–Crippen LogP) is 4.26. The highest BCUT2D eigenvalue weighted by Crippen LogP contribution is 2.35. The molecule has 0 unspecified atom stereocenters. The molecular weight excluding hydrogens is 437 g/mol. The standard InChI is InChI=1S/C22H18FN3O3S2/c23-17-10-12-18(13-11-17)24-21(27)15-30-22-25-31(28,29)20-9-5-4-8-19(20)26(22)14-16-6-2-1-3-7-16/h1-13H,14-15H2,(H,24,27). The molecule has 0 saturated carbocycles. The first-order chi connectivity index (χ1) is 14.9. The molecule has 0 aliphatic carbocycles. The zero-order valence-corrected chi connectivity index (χ0v) is 17.9. The van der Waals surface area contributed by atoms with E-state index in [1.54, 1.807) is 23.1 Å². The summed E-state index contributed by atoms with van der Waals surface area (Å²) in [5, 5.41) is 2.88. The minimum atomic E-state index is -3.88. The van der Waals surface area contributed by atoms with Crippen molar-refractivity contribution < 1.29 is 17.6 Å². The van der Waals surface area contributed by atoms with Gasteiger partial charge >= 0.3 is 0 Å². The second-order valence-corrected chi connectivity index (χ2v) is 9.25. The zero-order valence-electron chi connectivity index (χ0n) is 16.2. The van der Waals surface area contributed by atoms with Crippen LogP contribution in [-0.2, 0) is 21.4 Å². The van der Waals surface area contributed by atoms with E-state index in [0.717, 1.165) is 17.3 Å². The van der Waals surface area contributed by atoms with Crippen molar-refractivity contribution in [2.75, 3.05) is 16.0 Å². The van der Waals surface area contributed by atoms with Crippen molar-refractivity contribution in [1.82, 2.24) is 0 Å². The number of amidine groups is 1. The van der Waals surface area contributed by atoms with Gasteiger partial charge in [-0.25, -0.2) is 4.39 Å². The third-order valence-corrected chi connectivity index (χ3v) is 6.91. The number of nitrogens with zero attached hydrogens (tertiary/aromatic N) is 2. The summed E-state index contributed by atoms with van der Waals surface area (Å²) in [7, 11) is -3.88. The lowest BCUT2D eigenvalue weighted by Gasteiger charge is -2.30. The number of carbonyl (C=O) groups excluding carboxylic acids is 1. The average molecular weight is 456 g/mol. The first-order valence-corrected chi connectivity index (χ1v) is 11.8. The van der Waals surface area contributed by atoms with Crippen LogP contribution in [-0.4, -0.2) is 25.2 Å². The van der Waals surface area contributed by atoms with Crippen LogP contribution in [0.25, 0.3) is 0 Å². The molecule has 0 aromatic heterocycles. The summed E-state index contributed by atoms with van der Waals surface area (Å²) in [6.45, 7) is 0.402. The van der Waals surface area contributed by atoms with E-state index in [1.807, 2.05) is 30.3 Å². The molecule has 6 nitrogen and oxygen atoms in total. The fourth-order valence-corrected chi connectivity index (χ4v) is 5.34. The van der Waals surface area contributed by atoms with Gasteiger partial charge in [-0.05, 0) is 42.0 Å². The number of halogens is 1. The summed E-state index contributed by atoms with van der Waals surface area (Å²) in [6, 6.07) is 21.7. The Morgan fingerprint density at radius 3 is 2.39 bits per heavy atom. The fraction of sp³-hybridized carbons (Fsp3) is 0.0909. The van der Waals surface area contributed by atoms with Crippen LogP contribution in [0.5, 0.6) is 0 Å². The normalized spacial score (nSPS) is 14.5. The highest BCUT2D eigenvalue weighted by molar-refractivity contribution is 8.15. The molecular formula is C22H18FN3O3S2. The number of hydrogen-bond acceptors (Lipinski definition) is 5. The molecule has 0 saturated heterocycles. The Morgan fingerprint density at radius 2 is 1.65 bits per heavy atom. The van der Waals surface area contributed by atoms with Gasteiger partial charge in [-0.1, -0.05) is 54.2 Å². The number of hydrogen-bond donors (Lipinski definition) is 1. The van der Waals surface area contributed by atoms with Crippen molar-refractivity contribution in [3.63, 3.8) is 0 Å². The maximum absolute atomic E-state index is 13.0. The van der Waals surface area contributed by atoms with Gasteiger partial charge < -0.3 is 10.2 Å². The topological polar surface area (TPSA) is 78.8 Å². The molecule has 0 atom stereocenters. The predicted molar refractivity (Wildman–Crippen MR) is 121 cm³/mol. The van der Waals surface area contributed by atoms with Gasteiger partial charge in [-0.2, -0.15) is 8.42 Å². The van der Waals surface area contributed by atoms with Gasteiger partial charge in [0.25, 0.3) is 10.0 Å². The summed E-state index contributed by atoms with van der Waals surface area (Å²) >= 11 is 1.03. The summed E-state index contributed by atoms with van der Waals surface area (Å²) in [5.41, 5.74) is 1.94. The first kappa shape index (κ1) is 21.1. The Labute approximate surface area is 183 Å². The average Bonchev–Trinajstić information content (AvgIpc) is 2.77. The monoisotopic (exact) mass is 455 g/mol. The summed E-state index contributed by atoms with van der Waals surface area (Å²) < 4.78 is 42.4. The quantitative estimate of drug-likeness (QED) is 0.622. The van der Waals surface area contributed by atoms with Gasteiger partial charge in [0.15, 0.2) is 5.17 Å². The second kappa shape index (κ2) is 8.91. The van der Waals surface area contributed by atoms with Crippen molar-refractivity contribution in [2.45, 2.75) is 11.4 Å².